The van der Waals surface area contributed by atoms with E-state index in [9.17, 15) is 18.0 Å². The third-order valence-corrected chi connectivity index (χ3v) is 5.66. The number of carbonyl (C=O) groups excluding carboxylic acids is 1. The lowest BCUT2D eigenvalue weighted by Gasteiger charge is -2.24. The molecular weight excluding hydrogens is 467 g/mol. The zero-order chi connectivity index (χ0) is 25.5. The van der Waals surface area contributed by atoms with Gasteiger partial charge in [0.1, 0.15) is 18.2 Å². The summed E-state index contributed by atoms with van der Waals surface area (Å²) >= 11 is 0. The highest BCUT2D eigenvalue weighted by molar-refractivity contribution is 6.10. The highest BCUT2D eigenvalue weighted by atomic mass is 19.4. The van der Waals surface area contributed by atoms with Gasteiger partial charge in [0.2, 0.25) is 0 Å². The summed E-state index contributed by atoms with van der Waals surface area (Å²) in [6.07, 6.45) is -3.38. The topological polar surface area (TPSA) is 124 Å². The molecule has 0 fully saturated rings. The molecule has 4 aromatic rings. The van der Waals surface area contributed by atoms with E-state index in [1.165, 1.54) is 0 Å². The first-order valence-electron chi connectivity index (χ1n) is 10.3. The van der Waals surface area contributed by atoms with Crippen molar-refractivity contribution >= 4 is 39.5 Å². The monoisotopic (exact) mass is 487 g/mol. The second kappa shape index (κ2) is 8.78. The van der Waals surface area contributed by atoms with Crippen molar-refractivity contribution in [3.05, 3.63) is 59.8 Å². The number of nitrogen functional groups attached to an aromatic ring is 1. The Bertz CT molecular complexity index is 1450. The van der Waals surface area contributed by atoms with Crippen LogP contribution in [0.5, 0.6) is 5.75 Å². The van der Waals surface area contributed by atoms with Gasteiger partial charge in [-0.15, -0.1) is 0 Å². The molecule has 182 valence electrons. The Morgan fingerprint density at radius 1 is 1.20 bits per heavy atom. The van der Waals surface area contributed by atoms with E-state index in [4.69, 9.17) is 20.4 Å². The predicted molar refractivity (Wildman–Crippen MR) is 121 cm³/mol. The average Bonchev–Trinajstić information content (AvgIpc) is 3.42. The van der Waals surface area contributed by atoms with Gasteiger partial charge in [-0.3, -0.25) is 9.48 Å². The molecule has 0 spiro atoms. The fourth-order valence-corrected chi connectivity index (χ4v) is 3.90. The molecule has 0 saturated carbocycles. The number of likely N-dealkylation sites (N-methyl/N-ethyl adjacent to an activating group) is 1. The number of alkyl halides is 3. The quantitative estimate of drug-likeness (QED) is 0.443. The van der Waals surface area contributed by atoms with E-state index in [0.29, 0.717) is 18.0 Å². The number of nitrogens with two attached hydrogens (primary N) is 1. The van der Waals surface area contributed by atoms with Crippen LogP contribution >= 0.6 is 0 Å². The number of hydrogen-bond donors (Lipinski definition) is 2. The van der Waals surface area contributed by atoms with Crippen LogP contribution in [0.4, 0.5) is 19.0 Å². The number of nitrogens with zero attached hydrogens (tertiary/aromatic N) is 4. The van der Waals surface area contributed by atoms with E-state index < -0.39 is 12.1 Å². The number of halogens is 3. The summed E-state index contributed by atoms with van der Waals surface area (Å²) in [5, 5.41) is 13.1. The number of carboxylic acid groups (broad SMARTS) is 1. The van der Waals surface area contributed by atoms with Gasteiger partial charge in [-0.2, -0.15) is 18.3 Å². The van der Waals surface area contributed by atoms with Crippen LogP contribution in [0.3, 0.4) is 0 Å². The Balaban J connectivity index is 0.000000364. The fourth-order valence-electron chi connectivity index (χ4n) is 3.90. The van der Waals surface area contributed by atoms with Gasteiger partial charge < -0.3 is 20.5 Å². The number of carboxylic acids is 1. The third-order valence-electron chi connectivity index (χ3n) is 5.66. The summed E-state index contributed by atoms with van der Waals surface area (Å²) in [6.45, 7) is 0.458. The number of aryl methyl sites for hydroxylation is 1. The van der Waals surface area contributed by atoms with Gasteiger partial charge in [0.25, 0.3) is 5.91 Å². The van der Waals surface area contributed by atoms with Crippen molar-refractivity contribution in [1.82, 2.24) is 19.7 Å². The van der Waals surface area contributed by atoms with Crippen LogP contribution in [0.25, 0.3) is 21.8 Å². The number of aliphatic carboxylic acids is 1. The minimum absolute atomic E-state index is 0.0700. The minimum Gasteiger partial charge on any atom is -0.491 e. The number of para-hydroxylation sites is 1. The molecule has 1 aliphatic heterocycles. The zero-order valence-corrected chi connectivity index (χ0v) is 18.6. The molecule has 0 radical (unpaired) electrons. The van der Waals surface area contributed by atoms with Crippen LogP contribution in [-0.2, 0) is 11.8 Å². The highest BCUT2D eigenvalue weighted by Crippen LogP contribution is 2.36. The molecule has 5 rings (SSSR count). The number of rotatable bonds is 2. The Labute approximate surface area is 196 Å². The van der Waals surface area contributed by atoms with Crippen LogP contribution in [0.15, 0.2) is 48.7 Å². The standard InChI is InChI=1S/C21H19N5O2.C2HF3O2/c1-25(17-11-28-18-6-4-3-5-13(17)18)21(27)12-7-8-16-14(9-12)19-15(20(22)24-16)10-23-26(19)2;3-2(4,5)1(6)7/h3-10,17H,11H2,1-2H3,(H2,22,24);(H,6,7)/t17-;/m1./s1. The molecule has 2 aromatic heterocycles. The van der Waals surface area contributed by atoms with Crippen molar-refractivity contribution in [3.8, 4) is 5.75 Å². The zero-order valence-electron chi connectivity index (χ0n) is 18.6. The van der Waals surface area contributed by atoms with Crippen molar-refractivity contribution in [1.29, 1.82) is 0 Å². The van der Waals surface area contributed by atoms with Crippen molar-refractivity contribution < 1.29 is 32.6 Å². The number of pyridine rings is 1. The van der Waals surface area contributed by atoms with Crippen LogP contribution < -0.4 is 10.5 Å². The first-order chi connectivity index (χ1) is 16.5. The number of benzene rings is 2. The van der Waals surface area contributed by atoms with E-state index in [-0.39, 0.29) is 11.9 Å². The van der Waals surface area contributed by atoms with Gasteiger partial charge >= 0.3 is 12.1 Å². The summed E-state index contributed by atoms with van der Waals surface area (Å²) < 4.78 is 39.2. The van der Waals surface area contributed by atoms with Crippen LogP contribution in [0.1, 0.15) is 22.0 Å². The van der Waals surface area contributed by atoms with Gasteiger partial charge in [-0.25, -0.2) is 9.78 Å². The molecule has 3 heterocycles. The highest BCUT2D eigenvalue weighted by Gasteiger charge is 2.38. The lowest BCUT2D eigenvalue weighted by Crippen LogP contribution is -2.32. The van der Waals surface area contributed by atoms with Gasteiger partial charge in [-0.05, 0) is 24.3 Å². The molecule has 1 aliphatic rings. The van der Waals surface area contributed by atoms with Crippen molar-refractivity contribution in [2.75, 3.05) is 19.4 Å². The summed E-state index contributed by atoms with van der Waals surface area (Å²) in [5.74, 6) is -1.56. The second-order valence-corrected chi connectivity index (χ2v) is 7.84. The molecule has 35 heavy (non-hydrogen) atoms. The smallest absolute Gasteiger partial charge is 0.490 e. The lowest BCUT2D eigenvalue weighted by atomic mass is 10.0. The number of ether oxygens (including phenoxy) is 1. The average molecular weight is 487 g/mol. The molecule has 0 saturated heterocycles. The molecule has 0 unspecified atom stereocenters. The second-order valence-electron chi connectivity index (χ2n) is 7.84. The number of hydrogen-bond acceptors (Lipinski definition) is 6. The Kier molecular flexibility index (Phi) is 5.97. The number of anilines is 1. The predicted octanol–water partition coefficient (Wildman–Crippen LogP) is 3.54. The van der Waals surface area contributed by atoms with Crippen molar-refractivity contribution in [2.24, 2.45) is 7.05 Å². The van der Waals surface area contributed by atoms with Crippen LogP contribution in [0.2, 0.25) is 0 Å². The lowest BCUT2D eigenvalue weighted by molar-refractivity contribution is -0.192. The summed E-state index contributed by atoms with van der Waals surface area (Å²) in [7, 11) is 3.66. The molecule has 0 aliphatic carbocycles. The Hall–Kier alpha value is -4.35. The maximum atomic E-state index is 13.2. The summed E-state index contributed by atoms with van der Waals surface area (Å²) in [6, 6.07) is 13.2. The first kappa shape index (κ1) is 23.8. The number of amides is 1. The summed E-state index contributed by atoms with van der Waals surface area (Å²) in [4.78, 5) is 28.3. The Morgan fingerprint density at radius 2 is 1.89 bits per heavy atom. The molecule has 0 bridgehead atoms. The maximum Gasteiger partial charge on any atom is 0.490 e. The van der Waals surface area contributed by atoms with Gasteiger partial charge in [-0.1, -0.05) is 18.2 Å². The molecule has 2 aromatic carbocycles. The van der Waals surface area contributed by atoms with Gasteiger partial charge in [0.15, 0.2) is 0 Å². The van der Waals surface area contributed by atoms with Crippen LogP contribution in [0, 0.1) is 0 Å². The number of aromatic nitrogens is 3. The first-order valence-corrected chi connectivity index (χ1v) is 10.3. The largest absolute Gasteiger partial charge is 0.491 e. The molecule has 1 amide bonds. The molecule has 12 heteroatoms. The molecule has 3 N–H and O–H groups in total. The van der Waals surface area contributed by atoms with E-state index in [2.05, 4.69) is 10.1 Å². The third kappa shape index (κ3) is 4.42. The van der Waals surface area contributed by atoms with Gasteiger partial charge in [0, 0.05) is 30.6 Å². The van der Waals surface area contributed by atoms with E-state index in [1.54, 1.807) is 21.8 Å². The van der Waals surface area contributed by atoms with Crippen molar-refractivity contribution in [3.63, 3.8) is 0 Å². The van der Waals surface area contributed by atoms with E-state index in [1.807, 2.05) is 50.5 Å². The fraction of sp³-hybridized carbons (Fsp3) is 0.217. The maximum absolute atomic E-state index is 13.2. The van der Waals surface area contributed by atoms with Gasteiger partial charge in [0.05, 0.1) is 28.7 Å². The van der Waals surface area contributed by atoms with E-state index >= 15 is 0 Å². The van der Waals surface area contributed by atoms with Crippen LogP contribution in [-0.4, -0.2) is 56.5 Å². The molecule has 9 nitrogen and oxygen atoms in total. The summed E-state index contributed by atoms with van der Waals surface area (Å²) in [5.41, 5.74) is 9.29. The van der Waals surface area contributed by atoms with Crippen molar-refractivity contribution in [2.45, 2.75) is 12.2 Å². The minimum atomic E-state index is -5.08. The SMILES string of the molecule is CN(C(=O)c1ccc2nc(N)c3cnn(C)c3c2c1)[C@@H]1COc2ccccc21.O=C(O)C(F)(F)F. The number of carbonyl (C=O) groups is 2. The normalized spacial score (nSPS) is 14.7. The van der Waals surface area contributed by atoms with E-state index in [0.717, 1.165) is 33.1 Å². The molecular formula is C23H20F3N5O4. The number of fused-ring (bicyclic) bond motifs is 4. The Morgan fingerprint density at radius 3 is 2.57 bits per heavy atom. The molecule has 1 atom stereocenters.